The molecule has 0 aliphatic carbocycles. The van der Waals surface area contributed by atoms with Gasteiger partial charge in [0.15, 0.2) is 35.5 Å². The number of H-pyrrole nitrogens is 2. The van der Waals surface area contributed by atoms with E-state index in [9.17, 15) is 58.7 Å². The summed E-state index contributed by atoms with van der Waals surface area (Å²) in [5.41, 5.74) is 11.1. The fourth-order valence-corrected chi connectivity index (χ4v) is 14.4. The predicted molar refractivity (Wildman–Crippen MR) is 339 cm³/mol. The standard InChI is InChI=1S/C26H35N6O13PS.C20H26N7O10PS.C5H9IO3/c1-13(2)42-26(37)40-12-47-46(38,45-21-16(9-33)44-24(22(21)39-3)31-7-5-18(35)30-25(31)36)41-10-17-15(34)8-19(43-17)32-11-29-20-14(27)4-6-28-23(20)32;1-33-16-15(10(5-28)36-19(16)26-3-2-12(30)25-20(26)31)37-38(32,39)34-6-11-9(29)4-13(35-11)27-8-24-14-17(21)22-7-23-18(14)27;1-4(2)9-5(7)8-3-6/h4-7,11,13,15-17,19,21-22,24,33-34H,8-10,12H2,1-3H3,(H2,27,28)(H,30,35,36);2-3,7-11,13,15-16,19,28-29H,4-6H2,1H3,(H,32,39)(H2,21,22,23)(H,25,30,31);4H,3H2,1-2H3/t15?,16-,17-,19-,21?,22+,24-,46?;9?,10-,11-,13-,15?,16+,19-,38?;/m11./s1. The minimum Gasteiger partial charge on any atom is -0.432 e. The van der Waals surface area contributed by atoms with Crippen molar-refractivity contribution in [1.82, 2.24) is 53.2 Å². The van der Waals surface area contributed by atoms with Crippen molar-refractivity contribution in [3.05, 3.63) is 97.4 Å². The molecule has 95 heavy (non-hydrogen) atoms. The number of alkyl halides is 1. The molecule has 6 aromatic heterocycles. The number of imidazole rings is 2. The number of nitrogens with zero attached hydrogens (tertiary/aromatic N) is 9. The Balaban J connectivity index is 0.000000218. The summed E-state index contributed by atoms with van der Waals surface area (Å²) in [5, 5.41) is 41.3. The summed E-state index contributed by atoms with van der Waals surface area (Å²) in [4.78, 5) is 106. The molecule has 524 valence electrons. The first-order valence-electron chi connectivity index (χ1n) is 28.5. The van der Waals surface area contributed by atoms with Crippen molar-refractivity contribution in [2.24, 2.45) is 0 Å². The highest BCUT2D eigenvalue weighted by atomic mass is 127. The molecular weight excluding hydrogens is 1460 g/mol. The number of carbonyl (C=O) groups excluding carboxylic acids is 2. The molecule has 4 aliphatic heterocycles. The summed E-state index contributed by atoms with van der Waals surface area (Å²) >= 11 is 7.58. The number of fused-ring (bicyclic) bond motifs is 2. The van der Waals surface area contributed by atoms with E-state index in [4.69, 9.17) is 79.3 Å². The van der Waals surface area contributed by atoms with Gasteiger partial charge in [-0.05, 0) is 68.2 Å². The number of carbonyl (C=O) groups is 2. The fourth-order valence-electron chi connectivity index (χ4n) is 9.89. The van der Waals surface area contributed by atoms with Crippen LogP contribution >= 0.6 is 47.5 Å². The van der Waals surface area contributed by atoms with Crippen molar-refractivity contribution in [2.45, 2.75) is 139 Å². The third-order valence-corrected chi connectivity index (χ3v) is 19.4. The molecule has 10 rings (SSSR count). The van der Waals surface area contributed by atoms with E-state index in [2.05, 4.69) is 44.4 Å². The Hall–Kier alpha value is -5.97. The van der Waals surface area contributed by atoms with E-state index in [1.54, 1.807) is 42.9 Å². The summed E-state index contributed by atoms with van der Waals surface area (Å²) in [6.45, 7) is -3.59. The van der Waals surface area contributed by atoms with Crippen molar-refractivity contribution in [3.8, 4) is 0 Å². The van der Waals surface area contributed by atoms with Crippen LogP contribution in [-0.4, -0.2) is 215 Å². The monoisotopic (exact) mass is 1530 g/mol. The zero-order chi connectivity index (χ0) is 69.1. The van der Waals surface area contributed by atoms with Crippen molar-refractivity contribution >= 4 is 105 Å². The lowest BCUT2D eigenvalue weighted by atomic mass is 10.1. The van der Waals surface area contributed by atoms with Crippen LogP contribution in [0.2, 0.25) is 0 Å². The minimum absolute atomic E-state index is 0.0968. The first kappa shape index (κ1) is 74.8. The van der Waals surface area contributed by atoms with Gasteiger partial charge in [0.25, 0.3) is 11.1 Å². The van der Waals surface area contributed by atoms with Crippen LogP contribution in [0.3, 0.4) is 0 Å². The second-order valence-corrected chi connectivity index (χ2v) is 28.6. The molecule has 4 fully saturated rings. The topological polar surface area (TPSA) is 518 Å². The number of aliphatic hydroxyl groups excluding tert-OH is 4. The number of nitrogens with two attached hydrogens (primary N) is 2. The van der Waals surface area contributed by atoms with Gasteiger partial charge in [-0.2, -0.15) is 0 Å². The molecule has 11 N–H and O–H groups in total. The van der Waals surface area contributed by atoms with E-state index < -0.39 is 166 Å². The number of aliphatic hydroxyl groups is 4. The van der Waals surface area contributed by atoms with Gasteiger partial charge in [-0.1, -0.05) is 0 Å². The maximum absolute atomic E-state index is 14.2. The Bertz CT molecular complexity index is 3920. The molecular formula is C51H70IN13O26P2S2. The smallest absolute Gasteiger partial charge is 0.432 e. The third kappa shape index (κ3) is 18.8. The van der Waals surface area contributed by atoms with Crippen LogP contribution in [-0.2, 0) is 81.8 Å². The number of anilines is 2. The SMILES string of the molecule is CC(C)OC(=O)OCI.CO[C@H]1C(OP(=O)(OC[C@H]2O[C@@H](n3cnc4c(N)ccnc43)CC2O)SCOC(=O)OC(C)C)[C@@H](CO)O[C@H]1n1ccc(=O)[nH]c1=O.CO[C@H]1C(OP(O)(=S)OC[C@H]2O[C@@H](n3cnc4c(N)ncnc43)CC2O)[C@@H](CO)O[C@H]1n1ccc(=O)[nH]c1=O. The lowest BCUT2D eigenvalue weighted by molar-refractivity contribution is -0.0625. The van der Waals surface area contributed by atoms with Crippen LogP contribution in [0, 0.1) is 0 Å². The molecule has 10 heterocycles. The number of aromatic amines is 2. The van der Waals surface area contributed by atoms with Gasteiger partial charge >= 0.3 is 37.2 Å². The van der Waals surface area contributed by atoms with Gasteiger partial charge in [-0.3, -0.25) is 51.4 Å². The van der Waals surface area contributed by atoms with Crippen molar-refractivity contribution in [3.63, 3.8) is 0 Å². The van der Waals surface area contributed by atoms with Gasteiger partial charge in [0.2, 0.25) is 0 Å². The number of nitrogen functional groups attached to an aromatic ring is 2. The van der Waals surface area contributed by atoms with Gasteiger partial charge in [0.1, 0.15) is 83.3 Å². The lowest BCUT2D eigenvalue weighted by Gasteiger charge is -2.28. The molecule has 0 amide bonds. The minimum atomic E-state index is -4.37. The van der Waals surface area contributed by atoms with E-state index in [1.165, 1.54) is 51.8 Å². The lowest BCUT2D eigenvalue weighted by Crippen LogP contribution is -2.40. The Morgan fingerprint density at radius 2 is 1.19 bits per heavy atom. The number of pyridine rings is 1. The van der Waals surface area contributed by atoms with Gasteiger partial charge in [-0.25, -0.2) is 48.7 Å². The molecule has 39 nitrogen and oxygen atoms in total. The maximum atomic E-state index is 14.2. The number of methoxy groups -OCH3 is 2. The average Bonchev–Trinajstić information content (AvgIpc) is 1.67. The summed E-state index contributed by atoms with van der Waals surface area (Å²) in [6.07, 6.45) is -8.24. The molecule has 6 unspecified atom stereocenters. The number of halogens is 1. The maximum Gasteiger partial charge on any atom is 0.509 e. The quantitative estimate of drug-likeness (QED) is 0.0134. The molecule has 0 spiro atoms. The molecule has 16 atom stereocenters. The summed E-state index contributed by atoms with van der Waals surface area (Å²) in [5.74, 6) is -0.333. The van der Waals surface area contributed by atoms with E-state index >= 15 is 0 Å². The van der Waals surface area contributed by atoms with Crippen molar-refractivity contribution in [2.75, 3.05) is 62.7 Å². The van der Waals surface area contributed by atoms with E-state index in [1.807, 2.05) is 22.6 Å². The fraction of sp³-hybridized carbons (Fsp3) is 0.588. The van der Waals surface area contributed by atoms with E-state index in [-0.39, 0.29) is 31.4 Å². The van der Waals surface area contributed by atoms with Crippen LogP contribution in [0.15, 0.2) is 74.9 Å². The van der Waals surface area contributed by atoms with Gasteiger partial charge in [0.05, 0.1) is 69.2 Å². The second kappa shape index (κ2) is 33.5. The largest absolute Gasteiger partial charge is 0.509 e. The normalized spacial score (nSPS) is 27.0. The van der Waals surface area contributed by atoms with Gasteiger partial charge in [-0.15, -0.1) is 0 Å². The molecule has 4 saturated heterocycles. The Morgan fingerprint density at radius 3 is 1.68 bits per heavy atom. The van der Waals surface area contributed by atoms with Crippen LogP contribution in [0.25, 0.3) is 22.3 Å². The molecule has 6 aromatic rings. The zero-order valence-corrected chi connectivity index (χ0v) is 56.7. The third-order valence-electron chi connectivity index (χ3n) is 14.2. The molecule has 0 radical (unpaired) electrons. The zero-order valence-electron chi connectivity index (χ0n) is 51.2. The first-order valence-corrected chi connectivity index (χ1v) is 35.8. The Kier molecular flexibility index (Phi) is 26.4. The van der Waals surface area contributed by atoms with Crippen molar-refractivity contribution in [1.29, 1.82) is 0 Å². The molecule has 44 heteroatoms. The number of hydrogen-bond acceptors (Lipinski definition) is 34. The molecule has 0 aromatic carbocycles. The highest BCUT2D eigenvalue weighted by Gasteiger charge is 2.52. The number of ether oxygens (including phenoxy) is 10. The second-order valence-electron chi connectivity index (χ2n) is 21.2. The molecule has 4 aliphatic rings. The van der Waals surface area contributed by atoms with Crippen LogP contribution in [0.1, 0.15) is 65.4 Å². The summed E-state index contributed by atoms with van der Waals surface area (Å²) < 4.78 is 96.2. The van der Waals surface area contributed by atoms with Crippen LogP contribution < -0.4 is 34.0 Å². The summed E-state index contributed by atoms with van der Waals surface area (Å²) in [7, 11) is 2.60. The van der Waals surface area contributed by atoms with E-state index in [0.29, 0.717) is 44.0 Å². The van der Waals surface area contributed by atoms with Gasteiger partial charge in [0, 0.05) is 69.2 Å². The molecule has 0 saturated carbocycles. The molecule has 0 bridgehead atoms. The number of nitrogens with one attached hydrogen (secondary N) is 2. The van der Waals surface area contributed by atoms with Crippen LogP contribution in [0.5, 0.6) is 0 Å². The van der Waals surface area contributed by atoms with Crippen molar-refractivity contribution < 1.29 is 105 Å². The first-order chi connectivity index (χ1) is 45.2. The summed E-state index contributed by atoms with van der Waals surface area (Å²) in [6, 6.07) is 3.82. The predicted octanol–water partition coefficient (Wildman–Crippen LogP) is 0.950. The Morgan fingerprint density at radius 1 is 0.695 bits per heavy atom. The highest BCUT2D eigenvalue weighted by Crippen LogP contribution is 2.63. The highest BCUT2D eigenvalue weighted by molar-refractivity contribution is 14.1. The number of rotatable bonds is 24. The van der Waals surface area contributed by atoms with Gasteiger partial charge < -0.3 is 88.7 Å². The van der Waals surface area contributed by atoms with E-state index in [0.717, 1.165) is 21.3 Å². The Labute approximate surface area is 559 Å². The average molecular weight is 1530 g/mol. The number of hydrogen-bond donors (Lipinski definition) is 9. The van der Waals surface area contributed by atoms with Crippen LogP contribution in [0.4, 0.5) is 21.1 Å². The number of aromatic nitrogens is 11.